The number of rotatable bonds is 5. The van der Waals surface area contributed by atoms with E-state index >= 15 is 0 Å². The minimum atomic E-state index is -4.39. The van der Waals surface area contributed by atoms with Crippen LogP contribution in [0, 0.1) is 6.92 Å². The lowest BCUT2D eigenvalue weighted by Crippen LogP contribution is -2.28. The minimum absolute atomic E-state index is 0.378. The van der Waals surface area contributed by atoms with Crippen LogP contribution in [-0.2, 0) is 6.18 Å². The first-order valence-corrected chi connectivity index (χ1v) is 7.22. The Labute approximate surface area is 132 Å². The molecule has 2 aromatic rings. The molecule has 7 heteroatoms. The Balaban J connectivity index is 2.14. The summed E-state index contributed by atoms with van der Waals surface area (Å²) in [5.41, 5.74) is 0.447. The first kappa shape index (κ1) is 17.2. The van der Waals surface area contributed by atoms with Gasteiger partial charge in [0.25, 0.3) is 0 Å². The first-order valence-electron chi connectivity index (χ1n) is 7.22. The molecule has 2 atom stereocenters. The van der Waals surface area contributed by atoms with Gasteiger partial charge in [-0.1, -0.05) is 19.1 Å². The molecule has 2 unspecified atom stereocenters. The molecule has 0 saturated heterocycles. The standard InChI is InChI=1S/C16H18F3N3O/c1-3-13(22-15-20-9-8-10(2)21-15)14(23)11-4-6-12(7-5-11)16(17,18)19/h4-9,13-14,23H,3H2,1-2H3,(H,20,21,22). The predicted octanol–water partition coefficient (Wildman–Crippen LogP) is 3.73. The van der Waals surface area contributed by atoms with E-state index < -0.39 is 23.9 Å². The van der Waals surface area contributed by atoms with Crippen LogP contribution in [0.2, 0.25) is 0 Å². The molecule has 0 radical (unpaired) electrons. The number of aliphatic hydroxyl groups excluding tert-OH is 1. The molecule has 0 aliphatic carbocycles. The molecule has 1 aromatic carbocycles. The van der Waals surface area contributed by atoms with Crippen molar-refractivity contribution in [1.82, 2.24) is 9.97 Å². The molecule has 2 N–H and O–H groups in total. The summed E-state index contributed by atoms with van der Waals surface area (Å²) in [6, 6.07) is 5.85. The molecule has 1 heterocycles. The third kappa shape index (κ3) is 4.41. The van der Waals surface area contributed by atoms with E-state index in [-0.39, 0.29) is 0 Å². The van der Waals surface area contributed by atoms with E-state index in [1.54, 1.807) is 12.3 Å². The molecule has 0 spiro atoms. The Kier molecular flexibility index (Phi) is 5.20. The van der Waals surface area contributed by atoms with E-state index in [9.17, 15) is 18.3 Å². The summed E-state index contributed by atoms with van der Waals surface area (Å²) in [7, 11) is 0. The average Bonchev–Trinajstić information content (AvgIpc) is 2.51. The highest BCUT2D eigenvalue weighted by molar-refractivity contribution is 5.31. The van der Waals surface area contributed by atoms with Gasteiger partial charge in [0, 0.05) is 11.9 Å². The van der Waals surface area contributed by atoms with Gasteiger partial charge >= 0.3 is 6.18 Å². The van der Waals surface area contributed by atoms with Crippen LogP contribution in [0.4, 0.5) is 19.1 Å². The highest BCUT2D eigenvalue weighted by Gasteiger charge is 2.30. The summed E-state index contributed by atoms with van der Waals surface area (Å²) in [6.07, 6.45) is -3.20. The zero-order valence-electron chi connectivity index (χ0n) is 12.8. The third-order valence-electron chi connectivity index (χ3n) is 3.51. The summed E-state index contributed by atoms with van der Waals surface area (Å²) in [5.74, 6) is 0.378. The minimum Gasteiger partial charge on any atom is -0.386 e. The van der Waals surface area contributed by atoms with Crippen LogP contribution in [0.15, 0.2) is 36.5 Å². The van der Waals surface area contributed by atoms with Crippen LogP contribution in [0.25, 0.3) is 0 Å². The lowest BCUT2D eigenvalue weighted by atomic mass is 9.99. The van der Waals surface area contributed by atoms with Gasteiger partial charge in [0.05, 0.1) is 17.7 Å². The second kappa shape index (κ2) is 6.95. The van der Waals surface area contributed by atoms with Crippen molar-refractivity contribution in [3.05, 3.63) is 53.3 Å². The number of nitrogens with one attached hydrogen (secondary N) is 1. The Morgan fingerprint density at radius 3 is 2.35 bits per heavy atom. The van der Waals surface area contributed by atoms with Crippen molar-refractivity contribution in [2.24, 2.45) is 0 Å². The summed E-state index contributed by atoms with van der Waals surface area (Å²) >= 11 is 0. The highest BCUT2D eigenvalue weighted by Crippen LogP contribution is 2.30. The fraction of sp³-hybridized carbons (Fsp3) is 0.375. The van der Waals surface area contributed by atoms with Crippen LogP contribution >= 0.6 is 0 Å². The lowest BCUT2D eigenvalue weighted by Gasteiger charge is -2.23. The molecular formula is C16H18F3N3O. The van der Waals surface area contributed by atoms with Crippen LogP contribution in [0.3, 0.4) is 0 Å². The lowest BCUT2D eigenvalue weighted by molar-refractivity contribution is -0.137. The molecule has 0 amide bonds. The molecule has 0 aliphatic heterocycles. The van der Waals surface area contributed by atoms with Gasteiger partial charge in [-0.3, -0.25) is 0 Å². The molecule has 0 bridgehead atoms. The maximum atomic E-state index is 12.6. The van der Waals surface area contributed by atoms with Crippen molar-refractivity contribution in [2.45, 2.75) is 38.6 Å². The number of hydrogen-bond donors (Lipinski definition) is 2. The van der Waals surface area contributed by atoms with Crippen LogP contribution < -0.4 is 5.32 Å². The molecular weight excluding hydrogens is 307 g/mol. The van der Waals surface area contributed by atoms with Gasteiger partial charge in [-0.15, -0.1) is 0 Å². The Morgan fingerprint density at radius 2 is 1.83 bits per heavy atom. The van der Waals surface area contributed by atoms with Crippen molar-refractivity contribution in [2.75, 3.05) is 5.32 Å². The highest BCUT2D eigenvalue weighted by atomic mass is 19.4. The van der Waals surface area contributed by atoms with Gasteiger partial charge < -0.3 is 10.4 Å². The summed E-state index contributed by atoms with van der Waals surface area (Å²) in [4.78, 5) is 8.27. The molecule has 0 saturated carbocycles. The number of aryl methyl sites for hydroxylation is 1. The molecule has 2 rings (SSSR count). The van der Waals surface area contributed by atoms with Crippen molar-refractivity contribution in [3.63, 3.8) is 0 Å². The average molecular weight is 325 g/mol. The van der Waals surface area contributed by atoms with Crippen molar-refractivity contribution in [3.8, 4) is 0 Å². The summed E-state index contributed by atoms with van der Waals surface area (Å²) in [5, 5.41) is 13.4. The van der Waals surface area contributed by atoms with Crippen LogP contribution in [-0.4, -0.2) is 21.1 Å². The summed E-state index contributed by atoms with van der Waals surface area (Å²) < 4.78 is 37.7. The molecule has 0 aliphatic rings. The predicted molar refractivity (Wildman–Crippen MR) is 80.9 cm³/mol. The number of halogens is 3. The smallest absolute Gasteiger partial charge is 0.386 e. The van der Waals surface area contributed by atoms with Gasteiger partial charge in [0.1, 0.15) is 0 Å². The number of hydrogen-bond acceptors (Lipinski definition) is 4. The quantitative estimate of drug-likeness (QED) is 0.879. The number of nitrogens with zero attached hydrogens (tertiary/aromatic N) is 2. The van der Waals surface area contributed by atoms with E-state index in [0.29, 0.717) is 17.9 Å². The Hall–Kier alpha value is -2.15. The number of aliphatic hydroxyl groups is 1. The zero-order chi connectivity index (χ0) is 17.0. The molecule has 124 valence electrons. The molecule has 23 heavy (non-hydrogen) atoms. The first-order chi connectivity index (χ1) is 10.8. The van der Waals surface area contributed by atoms with Gasteiger partial charge in [-0.2, -0.15) is 13.2 Å². The van der Waals surface area contributed by atoms with Crippen LogP contribution in [0.5, 0.6) is 0 Å². The third-order valence-corrected chi connectivity index (χ3v) is 3.51. The maximum absolute atomic E-state index is 12.6. The summed E-state index contributed by atoms with van der Waals surface area (Å²) in [6.45, 7) is 3.68. The van der Waals surface area contributed by atoms with Crippen LogP contribution in [0.1, 0.15) is 36.3 Å². The normalized spacial score (nSPS) is 14.3. The van der Waals surface area contributed by atoms with E-state index in [1.807, 2.05) is 13.8 Å². The molecule has 4 nitrogen and oxygen atoms in total. The second-order valence-electron chi connectivity index (χ2n) is 5.25. The maximum Gasteiger partial charge on any atom is 0.416 e. The van der Waals surface area contributed by atoms with E-state index in [1.165, 1.54) is 12.1 Å². The van der Waals surface area contributed by atoms with Gasteiger partial charge in [-0.05, 0) is 37.1 Å². The van der Waals surface area contributed by atoms with Crippen molar-refractivity contribution < 1.29 is 18.3 Å². The Morgan fingerprint density at radius 1 is 1.17 bits per heavy atom. The number of aromatic nitrogens is 2. The number of anilines is 1. The monoisotopic (exact) mass is 325 g/mol. The number of alkyl halides is 3. The second-order valence-corrected chi connectivity index (χ2v) is 5.25. The van der Waals surface area contributed by atoms with Crippen molar-refractivity contribution >= 4 is 5.95 Å². The number of benzene rings is 1. The van der Waals surface area contributed by atoms with Gasteiger partial charge in [0.15, 0.2) is 0 Å². The van der Waals surface area contributed by atoms with E-state index in [4.69, 9.17) is 0 Å². The fourth-order valence-electron chi connectivity index (χ4n) is 2.19. The SMILES string of the molecule is CCC(Nc1nccc(C)n1)C(O)c1ccc(C(F)(F)F)cc1. The molecule has 0 fully saturated rings. The topological polar surface area (TPSA) is 58.0 Å². The Bertz CT molecular complexity index is 644. The molecule has 1 aromatic heterocycles. The van der Waals surface area contributed by atoms with Gasteiger partial charge in [0.2, 0.25) is 5.95 Å². The van der Waals surface area contributed by atoms with Gasteiger partial charge in [-0.25, -0.2) is 9.97 Å². The van der Waals surface area contributed by atoms with E-state index in [0.717, 1.165) is 17.8 Å². The van der Waals surface area contributed by atoms with Crippen molar-refractivity contribution in [1.29, 1.82) is 0 Å². The zero-order valence-corrected chi connectivity index (χ0v) is 12.8. The largest absolute Gasteiger partial charge is 0.416 e. The van der Waals surface area contributed by atoms with E-state index in [2.05, 4.69) is 15.3 Å². The fourth-order valence-corrected chi connectivity index (χ4v) is 2.19.